The summed E-state index contributed by atoms with van der Waals surface area (Å²) in [6.07, 6.45) is 1.10. The van der Waals surface area contributed by atoms with Crippen LogP contribution in [0, 0.1) is 0 Å². The van der Waals surface area contributed by atoms with Gasteiger partial charge in [0, 0.05) is 6.08 Å². The van der Waals surface area contributed by atoms with Crippen molar-refractivity contribution in [3.8, 4) is 22.6 Å². The average Bonchev–Trinajstić information content (AvgIpc) is 2.56. The number of esters is 1. The molecule has 0 bridgehead atoms. The van der Waals surface area contributed by atoms with Gasteiger partial charge >= 0.3 is 5.97 Å². The molecule has 22 heavy (non-hydrogen) atoms. The van der Waals surface area contributed by atoms with Gasteiger partial charge in [0.1, 0.15) is 11.5 Å². The van der Waals surface area contributed by atoms with Crippen LogP contribution in [0.1, 0.15) is 6.92 Å². The highest BCUT2D eigenvalue weighted by molar-refractivity contribution is 5.81. The molecule has 0 heterocycles. The van der Waals surface area contributed by atoms with E-state index in [1.807, 2.05) is 55.5 Å². The minimum atomic E-state index is -0.508. The molecule has 0 saturated heterocycles. The fourth-order valence-electron chi connectivity index (χ4n) is 1.87. The zero-order valence-electron chi connectivity index (χ0n) is 12.5. The average molecular weight is 298 g/mol. The second kappa shape index (κ2) is 7.88. The predicted molar refractivity (Wildman–Crippen MR) is 84.8 cm³/mol. The summed E-state index contributed by atoms with van der Waals surface area (Å²) >= 11 is 0. The molecule has 0 amide bonds. The lowest BCUT2D eigenvalue weighted by Gasteiger charge is -2.08. The first-order valence-electron chi connectivity index (χ1n) is 6.98. The topological polar surface area (TPSA) is 44.8 Å². The summed E-state index contributed by atoms with van der Waals surface area (Å²) in [4.78, 5) is 10.9. The largest absolute Gasteiger partial charge is 0.494 e. The van der Waals surface area contributed by atoms with Gasteiger partial charge in [0.15, 0.2) is 0 Å². The smallest absolute Gasteiger partial charge is 0.333 e. The van der Waals surface area contributed by atoms with Crippen molar-refractivity contribution in [3.63, 3.8) is 0 Å². The SMILES string of the molecule is C=CC(=O)OCOc1ccc(-c2ccc(OCC)cc2)cc1. The molecule has 2 aromatic rings. The standard InChI is InChI=1S/C18H18O4/c1-3-18(19)22-13-21-17-11-7-15(8-12-17)14-5-9-16(10-6-14)20-4-2/h3,5-12H,1,4,13H2,2H3. The van der Waals surface area contributed by atoms with Gasteiger partial charge in [-0.3, -0.25) is 0 Å². The maximum absolute atomic E-state index is 10.9. The number of carbonyl (C=O) groups is 1. The maximum atomic E-state index is 10.9. The van der Waals surface area contributed by atoms with Gasteiger partial charge in [-0.25, -0.2) is 4.79 Å². The highest BCUT2D eigenvalue weighted by Crippen LogP contribution is 2.24. The van der Waals surface area contributed by atoms with Crippen LogP contribution in [0.5, 0.6) is 11.5 Å². The van der Waals surface area contributed by atoms with Crippen LogP contribution in [0.3, 0.4) is 0 Å². The van der Waals surface area contributed by atoms with Gasteiger partial charge in [-0.05, 0) is 42.3 Å². The zero-order chi connectivity index (χ0) is 15.8. The molecule has 4 heteroatoms. The van der Waals surface area contributed by atoms with Crippen LogP contribution in [0.25, 0.3) is 11.1 Å². The van der Waals surface area contributed by atoms with Crippen LogP contribution in [0.4, 0.5) is 0 Å². The Morgan fingerprint density at radius 2 is 1.45 bits per heavy atom. The molecule has 0 aliphatic rings. The normalized spacial score (nSPS) is 9.86. The summed E-state index contributed by atoms with van der Waals surface area (Å²) in [7, 11) is 0. The highest BCUT2D eigenvalue weighted by atomic mass is 16.7. The molecule has 0 N–H and O–H groups in total. The maximum Gasteiger partial charge on any atom is 0.333 e. The predicted octanol–water partition coefficient (Wildman–Crippen LogP) is 3.82. The lowest BCUT2D eigenvalue weighted by Crippen LogP contribution is -2.07. The van der Waals surface area contributed by atoms with Crippen molar-refractivity contribution in [2.75, 3.05) is 13.4 Å². The monoisotopic (exact) mass is 298 g/mol. The minimum absolute atomic E-state index is 0.132. The van der Waals surface area contributed by atoms with E-state index in [1.165, 1.54) is 0 Å². The molecule has 0 atom stereocenters. The lowest BCUT2D eigenvalue weighted by molar-refractivity contribution is -0.144. The number of ether oxygens (including phenoxy) is 3. The van der Waals surface area contributed by atoms with Crippen molar-refractivity contribution in [1.82, 2.24) is 0 Å². The van der Waals surface area contributed by atoms with Crippen LogP contribution in [-0.2, 0) is 9.53 Å². The van der Waals surface area contributed by atoms with E-state index in [0.717, 1.165) is 23.0 Å². The Hall–Kier alpha value is -2.75. The summed E-state index contributed by atoms with van der Waals surface area (Å²) in [5.41, 5.74) is 2.16. The number of hydrogen-bond donors (Lipinski definition) is 0. The van der Waals surface area contributed by atoms with Gasteiger partial charge in [0.25, 0.3) is 0 Å². The third-order valence-electron chi connectivity index (χ3n) is 2.95. The van der Waals surface area contributed by atoms with E-state index in [4.69, 9.17) is 14.2 Å². The molecule has 4 nitrogen and oxygen atoms in total. The molecule has 0 radical (unpaired) electrons. The second-order valence-corrected chi connectivity index (χ2v) is 4.41. The molecule has 0 aliphatic carbocycles. The third-order valence-corrected chi connectivity index (χ3v) is 2.95. The van der Waals surface area contributed by atoms with Crippen molar-refractivity contribution < 1.29 is 19.0 Å². The van der Waals surface area contributed by atoms with E-state index in [2.05, 4.69) is 6.58 Å². The van der Waals surface area contributed by atoms with Crippen molar-refractivity contribution in [2.24, 2.45) is 0 Å². The van der Waals surface area contributed by atoms with Crippen molar-refractivity contribution in [2.45, 2.75) is 6.92 Å². The summed E-state index contributed by atoms with van der Waals surface area (Å²) in [6.45, 7) is 5.79. The third kappa shape index (κ3) is 4.38. The fourth-order valence-corrected chi connectivity index (χ4v) is 1.87. The van der Waals surface area contributed by atoms with E-state index in [0.29, 0.717) is 12.4 Å². The van der Waals surface area contributed by atoms with Crippen molar-refractivity contribution >= 4 is 5.97 Å². The zero-order valence-corrected chi connectivity index (χ0v) is 12.5. The first kappa shape index (κ1) is 15.6. The van der Waals surface area contributed by atoms with Gasteiger partial charge in [0.2, 0.25) is 6.79 Å². The second-order valence-electron chi connectivity index (χ2n) is 4.41. The van der Waals surface area contributed by atoms with Gasteiger partial charge in [-0.2, -0.15) is 0 Å². The van der Waals surface area contributed by atoms with Crippen molar-refractivity contribution in [3.05, 3.63) is 61.2 Å². The van der Waals surface area contributed by atoms with E-state index in [9.17, 15) is 4.79 Å². The molecule has 114 valence electrons. The lowest BCUT2D eigenvalue weighted by atomic mass is 10.1. The molecular formula is C18H18O4. The van der Waals surface area contributed by atoms with E-state index in [-0.39, 0.29) is 6.79 Å². The Bertz CT molecular complexity index is 615. The van der Waals surface area contributed by atoms with E-state index in [1.54, 1.807) is 0 Å². The number of benzene rings is 2. The van der Waals surface area contributed by atoms with E-state index >= 15 is 0 Å². The molecular weight excluding hydrogens is 280 g/mol. The van der Waals surface area contributed by atoms with E-state index < -0.39 is 5.97 Å². The fraction of sp³-hybridized carbons (Fsp3) is 0.167. The molecule has 0 saturated carbocycles. The Labute approximate surface area is 129 Å². The summed E-state index contributed by atoms with van der Waals surface area (Å²) < 4.78 is 15.5. The highest BCUT2D eigenvalue weighted by Gasteiger charge is 2.01. The Morgan fingerprint density at radius 3 is 1.91 bits per heavy atom. The minimum Gasteiger partial charge on any atom is -0.494 e. The van der Waals surface area contributed by atoms with Crippen LogP contribution in [0.2, 0.25) is 0 Å². The Balaban J connectivity index is 1.96. The quantitative estimate of drug-likeness (QED) is 0.443. The number of rotatable bonds is 7. The molecule has 0 unspecified atom stereocenters. The first-order chi connectivity index (χ1) is 10.7. The number of carbonyl (C=O) groups excluding carboxylic acids is 1. The van der Waals surface area contributed by atoms with Crippen LogP contribution >= 0.6 is 0 Å². The molecule has 0 spiro atoms. The number of hydrogen-bond acceptors (Lipinski definition) is 4. The molecule has 0 aromatic heterocycles. The molecule has 0 fully saturated rings. The Kier molecular flexibility index (Phi) is 5.60. The summed E-state index contributed by atoms with van der Waals surface area (Å²) in [6, 6.07) is 15.4. The van der Waals surface area contributed by atoms with Gasteiger partial charge in [0.05, 0.1) is 6.61 Å². The molecule has 2 aromatic carbocycles. The van der Waals surface area contributed by atoms with Gasteiger partial charge in [-0.15, -0.1) is 0 Å². The summed E-state index contributed by atoms with van der Waals surface area (Å²) in [5, 5.41) is 0. The van der Waals surface area contributed by atoms with Crippen molar-refractivity contribution in [1.29, 1.82) is 0 Å². The van der Waals surface area contributed by atoms with Crippen LogP contribution in [0.15, 0.2) is 61.2 Å². The van der Waals surface area contributed by atoms with Crippen LogP contribution in [-0.4, -0.2) is 19.4 Å². The van der Waals surface area contributed by atoms with Crippen LogP contribution < -0.4 is 9.47 Å². The van der Waals surface area contributed by atoms with Gasteiger partial charge < -0.3 is 14.2 Å². The van der Waals surface area contributed by atoms with Gasteiger partial charge in [-0.1, -0.05) is 30.8 Å². The summed E-state index contributed by atoms with van der Waals surface area (Å²) in [5.74, 6) is 0.979. The Morgan fingerprint density at radius 1 is 0.955 bits per heavy atom. The molecule has 0 aliphatic heterocycles. The molecule has 2 rings (SSSR count). The first-order valence-corrected chi connectivity index (χ1v) is 6.98.